The van der Waals surface area contributed by atoms with Crippen molar-refractivity contribution in [3.8, 4) is 0 Å². The minimum atomic E-state index is 1.75. The van der Waals surface area contributed by atoms with Crippen molar-refractivity contribution in [3.63, 3.8) is 0 Å². The van der Waals surface area contributed by atoms with Gasteiger partial charge in [0.25, 0.3) is 0 Å². The molecule has 0 heteroatoms. The molecule has 0 rings (SSSR count). The van der Waals surface area contributed by atoms with Gasteiger partial charge in [0.05, 0.1) is 0 Å². The van der Waals surface area contributed by atoms with Crippen LogP contribution in [0.1, 0.15) is 6.92 Å². The zero-order valence-electron chi connectivity index (χ0n) is 6.90. The van der Waals surface area contributed by atoms with Crippen molar-refractivity contribution in [2.24, 2.45) is 0 Å². The molecule has 0 heterocycles. The molecule has 0 atom stereocenters. The monoisotopic (exact) mass is 146 g/mol. The lowest BCUT2D eigenvalue weighted by atomic mass is 10.4. The zero-order valence-corrected chi connectivity index (χ0v) is 6.90. The van der Waals surface area contributed by atoms with Crippen LogP contribution in [0.3, 0.4) is 0 Å². The lowest BCUT2D eigenvalue weighted by Crippen LogP contribution is -1.49. The second-order valence-electron chi connectivity index (χ2n) is 1.92. The van der Waals surface area contributed by atoms with E-state index in [9.17, 15) is 0 Å². The van der Waals surface area contributed by atoms with Gasteiger partial charge in [0.1, 0.15) is 0 Å². The first-order valence-corrected chi connectivity index (χ1v) is 3.65. The summed E-state index contributed by atoms with van der Waals surface area (Å²) in [6.45, 7) is 5.55. The quantitative estimate of drug-likeness (QED) is 0.533. The van der Waals surface area contributed by atoms with Crippen LogP contribution in [0.5, 0.6) is 0 Å². The fraction of sp³-hybridized carbons (Fsp3) is 0.0909. The zero-order chi connectivity index (χ0) is 8.36. The summed E-state index contributed by atoms with van der Waals surface area (Å²) in [4.78, 5) is 0. The van der Waals surface area contributed by atoms with E-state index in [-0.39, 0.29) is 0 Å². The molecule has 0 aromatic heterocycles. The third kappa shape index (κ3) is 8.70. The lowest BCUT2D eigenvalue weighted by Gasteiger charge is -1.71. The Balaban J connectivity index is 3.59. The van der Waals surface area contributed by atoms with Crippen molar-refractivity contribution < 1.29 is 0 Å². The molecule has 0 aliphatic rings. The van der Waals surface area contributed by atoms with Crippen LogP contribution < -0.4 is 0 Å². The molecule has 58 valence electrons. The Hall–Kier alpha value is -1.30. The molecule has 0 amide bonds. The molecule has 0 bridgehead atoms. The summed E-state index contributed by atoms with van der Waals surface area (Å²) in [5.41, 5.74) is 0. The fourth-order valence-electron chi connectivity index (χ4n) is 0.510. The molecule has 0 saturated carbocycles. The standard InChI is InChI=1S/C11H14/c1-3-5-7-9-11-10-8-6-4-2/h3-11H,1H2,2H3/b6-4-,7-5-,10-8+,11-9-. The van der Waals surface area contributed by atoms with Gasteiger partial charge in [-0.1, -0.05) is 61.3 Å². The van der Waals surface area contributed by atoms with Gasteiger partial charge in [0.15, 0.2) is 0 Å². The minimum absolute atomic E-state index is 1.75. The SMILES string of the molecule is C=C\C=C/C=C\C=C\C=C/C. The second kappa shape index (κ2) is 8.70. The molecule has 0 aromatic rings. The summed E-state index contributed by atoms with van der Waals surface area (Å²) in [6.07, 6.45) is 17.5. The molecule has 0 saturated heterocycles. The third-order valence-corrected chi connectivity index (χ3v) is 0.995. The fourth-order valence-corrected chi connectivity index (χ4v) is 0.510. The van der Waals surface area contributed by atoms with E-state index in [4.69, 9.17) is 0 Å². The first-order chi connectivity index (χ1) is 5.41. The van der Waals surface area contributed by atoms with Gasteiger partial charge in [-0.15, -0.1) is 0 Å². The highest BCUT2D eigenvalue weighted by Gasteiger charge is 1.59. The Kier molecular flexibility index (Phi) is 7.67. The van der Waals surface area contributed by atoms with Gasteiger partial charge in [0, 0.05) is 0 Å². The Bertz CT molecular complexity index is 190. The van der Waals surface area contributed by atoms with Crippen molar-refractivity contribution in [3.05, 3.63) is 61.3 Å². The molecule has 0 spiro atoms. The summed E-state index contributed by atoms with van der Waals surface area (Å²) in [7, 11) is 0. The molecule has 0 fully saturated rings. The molecule has 0 aliphatic heterocycles. The maximum atomic E-state index is 3.56. The molecular formula is C11H14. The van der Waals surface area contributed by atoms with E-state index in [0.29, 0.717) is 0 Å². The average Bonchev–Trinajstić information content (AvgIpc) is 2.03. The maximum absolute atomic E-state index is 3.56. The van der Waals surface area contributed by atoms with Crippen molar-refractivity contribution >= 4 is 0 Å². The van der Waals surface area contributed by atoms with Gasteiger partial charge in [-0.25, -0.2) is 0 Å². The number of allylic oxidation sites excluding steroid dienone is 9. The summed E-state index contributed by atoms with van der Waals surface area (Å²) in [5.74, 6) is 0. The van der Waals surface area contributed by atoms with Crippen molar-refractivity contribution in [2.45, 2.75) is 6.92 Å². The average molecular weight is 146 g/mol. The van der Waals surface area contributed by atoms with Crippen LogP contribution >= 0.6 is 0 Å². The van der Waals surface area contributed by atoms with E-state index in [1.165, 1.54) is 0 Å². The highest BCUT2D eigenvalue weighted by atomic mass is 13.7. The number of hydrogen-bond acceptors (Lipinski definition) is 0. The largest absolute Gasteiger partial charge is 0.0991 e. The highest BCUT2D eigenvalue weighted by molar-refractivity contribution is 5.16. The van der Waals surface area contributed by atoms with Crippen molar-refractivity contribution in [1.82, 2.24) is 0 Å². The molecule has 0 N–H and O–H groups in total. The first kappa shape index (κ1) is 9.70. The lowest BCUT2D eigenvalue weighted by molar-refractivity contribution is 1.73. The molecule has 0 aromatic carbocycles. The summed E-state index contributed by atoms with van der Waals surface area (Å²) in [5, 5.41) is 0. The first-order valence-electron chi connectivity index (χ1n) is 3.65. The Morgan fingerprint density at radius 1 is 0.727 bits per heavy atom. The topological polar surface area (TPSA) is 0 Å². The van der Waals surface area contributed by atoms with E-state index in [1.54, 1.807) is 6.08 Å². The second-order valence-corrected chi connectivity index (χ2v) is 1.92. The molecule has 0 radical (unpaired) electrons. The Labute approximate surface area is 68.9 Å². The molecule has 0 aliphatic carbocycles. The summed E-state index contributed by atoms with van der Waals surface area (Å²) in [6, 6.07) is 0. The van der Waals surface area contributed by atoms with Gasteiger partial charge < -0.3 is 0 Å². The smallest absolute Gasteiger partial charge is 0.0467 e. The van der Waals surface area contributed by atoms with Gasteiger partial charge in [-0.2, -0.15) is 0 Å². The summed E-state index contributed by atoms with van der Waals surface area (Å²) >= 11 is 0. The van der Waals surface area contributed by atoms with Crippen LogP contribution in [-0.4, -0.2) is 0 Å². The van der Waals surface area contributed by atoms with Gasteiger partial charge >= 0.3 is 0 Å². The predicted molar refractivity (Wildman–Crippen MR) is 52.4 cm³/mol. The van der Waals surface area contributed by atoms with E-state index in [2.05, 4.69) is 6.58 Å². The number of hydrogen-bond donors (Lipinski definition) is 0. The van der Waals surface area contributed by atoms with Gasteiger partial charge in [-0.05, 0) is 6.92 Å². The van der Waals surface area contributed by atoms with E-state index >= 15 is 0 Å². The molecule has 11 heavy (non-hydrogen) atoms. The minimum Gasteiger partial charge on any atom is -0.0991 e. The van der Waals surface area contributed by atoms with Crippen LogP contribution in [0.15, 0.2) is 61.3 Å². The Morgan fingerprint density at radius 3 is 1.64 bits per heavy atom. The Morgan fingerprint density at radius 2 is 1.18 bits per heavy atom. The van der Waals surface area contributed by atoms with Crippen LogP contribution in [0, 0.1) is 0 Å². The third-order valence-electron chi connectivity index (χ3n) is 0.995. The molecule has 0 unspecified atom stereocenters. The van der Waals surface area contributed by atoms with E-state index in [1.807, 2.05) is 55.5 Å². The normalized spacial score (nSPS) is 12.8. The van der Waals surface area contributed by atoms with E-state index in [0.717, 1.165) is 0 Å². The van der Waals surface area contributed by atoms with Gasteiger partial charge in [0.2, 0.25) is 0 Å². The summed E-state index contributed by atoms with van der Waals surface area (Å²) < 4.78 is 0. The maximum Gasteiger partial charge on any atom is -0.0467 e. The molecular weight excluding hydrogens is 132 g/mol. The highest BCUT2D eigenvalue weighted by Crippen LogP contribution is 1.81. The number of rotatable bonds is 4. The van der Waals surface area contributed by atoms with Crippen LogP contribution in [0.25, 0.3) is 0 Å². The van der Waals surface area contributed by atoms with Gasteiger partial charge in [-0.3, -0.25) is 0 Å². The van der Waals surface area contributed by atoms with E-state index < -0.39 is 0 Å². The van der Waals surface area contributed by atoms with Crippen LogP contribution in [-0.2, 0) is 0 Å². The molecule has 0 nitrogen and oxygen atoms in total. The van der Waals surface area contributed by atoms with Crippen molar-refractivity contribution in [1.29, 1.82) is 0 Å². The predicted octanol–water partition coefficient (Wildman–Crippen LogP) is 3.42. The van der Waals surface area contributed by atoms with Crippen LogP contribution in [0.4, 0.5) is 0 Å². The van der Waals surface area contributed by atoms with Crippen molar-refractivity contribution in [2.75, 3.05) is 0 Å². The van der Waals surface area contributed by atoms with Crippen LogP contribution in [0.2, 0.25) is 0 Å².